The van der Waals surface area contributed by atoms with Gasteiger partial charge in [0.15, 0.2) is 0 Å². The molecule has 0 aliphatic carbocycles. The molecule has 1 nitrogen and oxygen atoms in total. The zero-order valence-corrected chi connectivity index (χ0v) is 24.9. The molecular formula is C43H31N. The van der Waals surface area contributed by atoms with Gasteiger partial charge in [-0.3, -0.25) is 4.99 Å². The number of benzene rings is 8. The zero-order chi connectivity index (χ0) is 29.6. The first-order chi connectivity index (χ1) is 21.7. The lowest BCUT2D eigenvalue weighted by Gasteiger charge is -2.15. The van der Waals surface area contributed by atoms with Crippen LogP contribution in [0, 0.1) is 0 Å². The maximum atomic E-state index is 4.72. The van der Waals surface area contributed by atoms with Crippen LogP contribution >= 0.6 is 0 Å². The van der Waals surface area contributed by atoms with E-state index in [0.717, 1.165) is 11.3 Å². The van der Waals surface area contributed by atoms with E-state index in [1.165, 1.54) is 76.5 Å². The van der Waals surface area contributed by atoms with Crippen LogP contribution in [-0.4, -0.2) is 12.8 Å². The molecule has 0 unspecified atom stereocenters. The van der Waals surface area contributed by atoms with E-state index in [1.807, 2.05) is 7.05 Å². The Balaban J connectivity index is 1.19. The Morgan fingerprint density at radius 1 is 0.500 bits per heavy atom. The second kappa shape index (κ2) is 10.6. The van der Waals surface area contributed by atoms with Crippen LogP contribution in [0.4, 0.5) is 0 Å². The monoisotopic (exact) mass is 561 g/mol. The van der Waals surface area contributed by atoms with Gasteiger partial charge in [0.25, 0.3) is 0 Å². The average Bonchev–Trinajstić information content (AvgIpc) is 3.09. The van der Waals surface area contributed by atoms with E-state index < -0.39 is 0 Å². The van der Waals surface area contributed by atoms with E-state index >= 15 is 0 Å². The topological polar surface area (TPSA) is 12.4 Å². The first-order valence-corrected chi connectivity index (χ1v) is 15.2. The lowest BCUT2D eigenvalue weighted by molar-refractivity contribution is 1.43. The van der Waals surface area contributed by atoms with Gasteiger partial charge in [-0.25, -0.2) is 0 Å². The maximum Gasteiger partial charge on any atom is 0.0646 e. The normalized spacial score (nSPS) is 12.6. The van der Waals surface area contributed by atoms with Gasteiger partial charge in [-0.05, 0) is 102 Å². The molecule has 208 valence electrons. The minimum atomic E-state index is 0.972. The van der Waals surface area contributed by atoms with Crippen molar-refractivity contribution in [2.75, 3.05) is 7.05 Å². The molecule has 0 saturated heterocycles. The first-order valence-electron chi connectivity index (χ1n) is 15.2. The third-order valence-corrected chi connectivity index (χ3v) is 9.00. The van der Waals surface area contributed by atoms with E-state index in [9.17, 15) is 0 Å². The molecule has 0 aliphatic heterocycles. The molecule has 8 aromatic rings. The van der Waals surface area contributed by atoms with Crippen molar-refractivity contribution in [3.8, 4) is 22.3 Å². The van der Waals surface area contributed by atoms with Crippen LogP contribution in [0.2, 0.25) is 0 Å². The second-order valence-electron chi connectivity index (χ2n) is 11.6. The zero-order valence-electron chi connectivity index (χ0n) is 24.9. The summed E-state index contributed by atoms with van der Waals surface area (Å²) < 4.78 is 0. The number of fused-ring (bicyclic) bond motifs is 1. The number of allylic oxidation sites excluding steroid dienone is 2. The second-order valence-corrected chi connectivity index (χ2v) is 11.6. The summed E-state index contributed by atoms with van der Waals surface area (Å²) in [7, 11) is 1.88. The quantitative estimate of drug-likeness (QED) is 0.146. The van der Waals surface area contributed by atoms with Crippen molar-refractivity contribution in [3.05, 3.63) is 163 Å². The molecule has 0 atom stereocenters. The van der Waals surface area contributed by atoms with E-state index in [0.29, 0.717) is 0 Å². The standard InChI is InChI=1S/C43H31N/c1-28(37-18-8-10-29-9-3-4-17-38(29)37)25-41(44-2)36-16-7-14-34(27-36)33-13-6-15-35(26-33)39-23-21-32-20-19-30-11-5-12-31-22-24-40(39)43(32)42(30)31/h3-27H,1-2H3/b28-25+,44-41?. The summed E-state index contributed by atoms with van der Waals surface area (Å²) in [6, 6.07) is 52.9. The van der Waals surface area contributed by atoms with Crippen molar-refractivity contribution < 1.29 is 0 Å². The molecule has 0 saturated carbocycles. The largest absolute Gasteiger partial charge is 0.288 e. The molecule has 8 aromatic carbocycles. The van der Waals surface area contributed by atoms with Crippen LogP contribution in [0.25, 0.3) is 70.9 Å². The number of aliphatic imine (C=N–C) groups is 1. The van der Waals surface area contributed by atoms with Gasteiger partial charge in [0.05, 0.1) is 5.71 Å². The number of hydrogen-bond donors (Lipinski definition) is 0. The van der Waals surface area contributed by atoms with Crippen molar-refractivity contribution >= 4 is 54.4 Å². The predicted octanol–water partition coefficient (Wildman–Crippen LogP) is 11.6. The Morgan fingerprint density at radius 2 is 1.11 bits per heavy atom. The Kier molecular flexibility index (Phi) is 6.31. The Bertz CT molecular complexity index is 2380. The minimum absolute atomic E-state index is 0.972. The molecule has 0 radical (unpaired) electrons. The highest BCUT2D eigenvalue weighted by Gasteiger charge is 2.13. The van der Waals surface area contributed by atoms with Gasteiger partial charge in [0.2, 0.25) is 0 Å². The summed E-state index contributed by atoms with van der Waals surface area (Å²) >= 11 is 0. The molecule has 0 fully saturated rings. The summed E-state index contributed by atoms with van der Waals surface area (Å²) in [6.45, 7) is 2.18. The Hall–Kier alpha value is -5.53. The number of nitrogens with zero attached hydrogens (tertiary/aromatic N) is 1. The third kappa shape index (κ3) is 4.37. The molecule has 0 bridgehead atoms. The van der Waals surface area contributed by atoms with Gasteiger partial charge in [-0.15, -0.1) is 0 Å². The molecule has 0 N–H and O–H groups in total. The SMILES string of the molecule is CN=C(/C=C(\C)c1cccc2ccccc12)c1cccc(-c2cccc(-c3ccc4ccc5cccc6ccc3c4c56)c2)c1. The molecule has 0 heterocycles. The third-order valence-electron chi connectivity index (χ3n) is 9.00. The van der Waals surface area contributed by atoms with Crippen molar-refractivity contribution in [3.63, 3.8) is 0 Å². The van der Waals surface area contributed by atoms with Crippen LogP contribution in [-0.2, 0) is 0 Å². The summed E-state index contributed by atoms with van der Waals surface area (Å²) in [4.78, 5) is 4.72. The fourth-order valence-electron chi connectivity index (χ4n) is 6.84. The van der Waals surface area contributed by atoms with E-state index in [2.05, 4.69) is 159 Å². The van der Waals surface area contributed by atoms with E-state index in [-0.39, 0.29) is 0 Å². The molecule has 8 rings (SSSR count). The molecule has 0 aromatic heterocycles. The highest BCUT2D eigenvalue weighted by molar-refractivity contribution is 6.25. The van der Waals surface area contributed by atoms with Crippen LogP contribution in [0.5, 0.6) is 0 Å². The molecule has 0 amide bonds. The first kappa shape index (κ1) is 26.1. The maximum absolute atomic E-state index is 4.72. The highest BCUT2D eigenvalue weighted by atomic mass is 14.7. The van der Waals surface area contributed by atoms with Crippen molar-refractivity contribution in [1.82, 2.24) is 0 Å². The van der Waals surface area contributed by atoms with Crippen molar-refractivity contribution in [2.24, 2.45) is 4.99 Å². The summed E-state index contributed by atoms with van der Waals surface area (Å²) in [5, 5.41) is 10.4. The molecule has 1 heteroatoms. The molecule has 44 heavy (non-hydrogen) atoms. The smallest absolute Gasteiger partial charge is 0.0646 e. The lowest BCUT2D eigenvalue weighted by atomic mass is 9.89. The molecule has 0 aliphatic rings. The summed E-state index contributed by atoms with van der Waals surface area (Å²) in [5.74, 6) is 0. The van der Waals surface area contributed by atoms with E-state index in [1.54, 1.807) is 0 Å². The number of hydrogen-bond acceptors (Lipinski definition) is 1. The van der Waals surface area contributed by atoms with Gasteiger partial charge in [0.1, 0.15) is 0 Å². The Morgan fingerprint density at radius 3 is 1.95 bits per heavy atom. The summed E-state index contributed by atoms with van der Waals surface area (Å²) in [6.07, 6.45) is 2.21. The van der Waals surface area contributed by atoms with Crippen LogP contribution in [0.1, 0.15) is 18.1 Å². The van der Waals surface area contributed by atoms with Gasteiger partial charge in [0, 0.05) is 12.6 Å². The minimum Gasteiger partial charge on any atom is -0.288 e. The molecule has 0 spiro atoms. The van der Waals surface area contributed by atoms with Gasteiger partial charge < -0.3 is 0 Å². The van der Waals surface area contributed by atoms with E-state index in [4.69, 9.17) is 4.99 Å². The van der Waals surface area contributed by atoms with Gasteiger partial charge >= 0.3 is 0 Å². The van der Waals surface area contributed by atoms with Crippen molar-refractivity contribution in [2.45, 2.75) is 6.92 Å². The van der Waals surface area contributed by atoms with Crippen molar-refractivity contribution in [1.29, 1.82) is 0 Å². The van der Waals surface area contributed by atoms with Gasteiger partial charge in [-0.1, -0.05) is 133 Å². The van der Waals surface area contributed by atoms with Crippen LogP contribution in [0.15, 0.2) is 157 Å². The number of rotatable bonds is 5. The Labute approximate surface area is 257 Å². The predicted molar refractivity (Wildman–Crippen MR) is 191 cm³/mol. The summed E-state index contributed by atoms with van der Waals surface area (Å²) in [5.41, 5.74) is 9.38. The fraction of sp³-hybridized carbons (Fsp3) is 0.0465. The van der Waals surface area contributed by atoms with Gasteiger partial charge in [-0.2, -0.15) is 0 Å². The highest BCUT2D eigenvalue weighted by Crippen LogP contribution is 2.40. The lowest BCUT2D eigenvalue weighted by Crippen LogP contribution is -1.99. The van der Waals surface area contributed by atoms with Crippen LogP contribution < -0.4 is 0 Å². The fourth-order valence-corrected chi connectivity index (χ4v) is 6.84. The van der Waals surface area contributed by atoms with Crippen LogP contribution in [0.3, 0.4) is 0 Å². The average molecular weight is 562 g/mol. The molecular weight excluding hydrogens is 530 g/mol.